The Hall–Kier alpha value is -1.16. The van der Waals surface area contributed by atoms with Gasteiger partial charge in [0.1, 0.15) is 0 Å². The lowest BCUT2D eigenvalue weighted by Crippen LogP contribution is -2.14. The van der Waals surface area contributed by atoms with Gasteiger partial charge < -0.3 is 0 Å². The molecule has 0 unspecified atom stereocenters. The van der Waals surface area contributed by atoms with Crippen molar-refractivity contribution in [3.8, 4) is 0 Å². The van der Waals surface area contributed by atoms with E-state index in [9.17, 15) is 4.79 Å². The predicted octanol–water partition coefficient (Wildman–Crippen LogP) is 1.92. The molecule has 0 bridgehead atoms. The highest BCUT2D eigenvalue weighted by molar-refractivity contribution is 7.14. The van der Waals surface area contributed by atoms with Gasteiger partial charge in [-0.15, -0.1) is 11.3 Å². The van der Waals surface area contributed by atoms with Crippen molar-refractivity contribution in [3.05, 3.63) is 21.9 Å². The number of carbonyl (C=O) groups is 1. The summed E-state index contributed by atoms with van der Waals surface area (Å²) in [6.07, 6.45) is 0. The molecule has 1 aromatic rings. The third-order valence-electron chi connectivity index (χ3n) is 1.48. The fraction of sp³-hybridized carbons (Fsp3) is 0.333. The van der Waals surface area contributed by atoms with Gasteiger partial charge in [0.05, 0.1) is 10.6 Å². The SMILES string of the molecule is CC(=O)NN=C(C)c1ccc(C)s1. The molecule has 0 aliphatic carbocycles. The third-order valence-corrected chi connectivity index (χ3v) is 2.59. The molecule has 0 aliphatic heterocycles. The van der Waals surface area contributed by atoms with Gasteiger partial charge in [0.2, 0.25) is 5.91 Å². The predicted molar refractivity (Wildman–Crippen MR) is 55.1 cm³/mol. The van der Waals surface area contributed by atoms with Crippen LogP contribution in [0.2, 0.25) is 0 Å². The van der Waals surface area contributed by atoms with Gasteiger partial charge in [-0.05, 0) is 26.0 Å². The normalized spacial score (nSPS) is 11.5. The zero-order chi connectivity index (χ0) is 9.84. The van der Waals surface area contributed by atoms with Crippen LogP contribution in [0.5, 0.6) is 0 Å². The molecule has 0 radical (unpaired) electrons. The summed E-state index contributed by atoms with van der Waals surface area (Å²) in [5.74, 6) is -0.146. The maximum absolute atomic E-state index is 10.6. The van der Waals surface area contributed by atoms with Crippen LogP contribution in [0, 0.1) is 6.92 Å². The molecular formula is C9H12N2OS. The summed E-state index contributed by atoms with van der Waals surface area (Å²) in [7, 11) is 0. The first-order valence-corrected chi connectivity index (χ1v) is 4.79. The van der Waals surface area contributed by atoms with Crippen molar-refractivity contribution in [2.45, 2.75) is 20.8 Å². The lowest BCUT2D eigenvalue weighted by Gasteiger charge is -1.95. The molecule has 0 saturated heterocycles. The van der Waals surface area contributed by atoms with Gasteiger partial charge in [0, 0.05) is 11.8 Å². The molecule has 0 aromatic carbocycles. The van der Waals surface area contributed by atoms with E-state index >= 15 is 0 Å². The number of hydrazone groups is 1. The number of nitrogens with zero attached hydrogens (tertiary/aromatic N) is 1. The van der Waals surface area contributed by atoms with Crippen LogP contribution in [-0.2, 0) is 4.79 Å². The number of carbonyl (C=O) groups excluding carboxylic acids is 1. The molecule has 1 heterocycles. The molecule has 0 fully saturated rings. The Morgan fingerprint density at radius 2 is 2.15 bits per heavy atom. The second kappa shape index (κ2) is 4.18. The fourth-order valence-corrected chi connectivity index (χ4v) is 1.66. The smallest absolute Gasteiger partial charge is 0.236 e. The van der Waals surface area contributed by atoms with Crippen LogP contribution in [-0.4, -0.2) is 11.6 Å². The molecule has 1 rings (SSSR count). The molecule has 0 spiro atoms. The van der Waals surface area contributed by atoms with E-state index in [4.69, 9.17) is 0 Å². The summed E-state index contributed by atoms with van der Waals surface area (Å²) in [5.41, 5.74) is 3.25. The second-order valence-corrected chi connectivity index (χ2v) is 4.06. The van der Waals surface area contributed by atoms with Crippen LogP contribution in [0.4, 0.5) is 0 Å². The Balaban J connectivity index is 2.72. The van der Waals surface area contributed by atoms with E-state index in [1.807, 2.05) is 26.0 Å². The van der Waals surface area contributed by atoms with Gasteiger partial charge in [0.15, 0.2) is 0 Å². The zero-order valence-electron chi connectivity index (χ0n) is 7.92. The summed E-state index contributed by atoms with van der Waals surface area (Å²) in [4.78, 5) is 12.9. The molecule has 0 aliphatic rings. The summed E-state index contributed by atoms with van der Waals surface area (Å²) in [6, 6.07) is 4.04. The van der Waals surface area contributed by atoms with Crippen LogP contribution >= 0.6 is 11.3 Å². The van der Waals surface area contributed by atoms with Crippen LogP contribution in [0.3, 0.4) is 0 Å². The molecule has 1 amide bonds. The van der Waals surface area contributed by atoms with E-state index in [1.165, 1.54) is 11.8 Å². The number of thiophene rings is 1. The molecule has 4 heteroatoms. The Morgan fingerprint density at radius 3 is 2.62 bits per heavy atom. The average Bonchev–Trinajstić information content (AvgIpc) is 2.47. The number of amides is 1. The van der Waals surface area contributed by atoms with Crippen LogP contribution in [0.25, 0.3) is 0 Å². The Bertz CT molecular complexity index is 341. The highest BCUT2D eigenvalue weighted by atomic mass is 32.1. The minimum Gasteiger partial charge on any atom is -0.274 e. The fourth-order valence-electron chi connectivity index (χ4n) is 0.847. The van der Waals surface area contributed by atoms with E-state index in [0.717, 1.165) is 10.6 Å². The van der Waals surface area contributed by atoms with Crippen molar-refractivity contribution in [1.29, 1.82) is 0 Å². The van der Waals surface area contributed by atoms with Crippen molar-refractivity contribution < 1.29 is 4.79 Å². The number of nitrogens with one attached hydrogen (secondary N) is 1. The summed E-state index contributed by atoms with van der Waals surface area (Å²) in [5, 5.41) is 3.93. The van der Waals surface area contributed by atoms with E-state index in [2.05, 4.69) is 10.5 Å². The van der Waals surface area contributed by atoms with Gasteiger partial charge in [-0.3, -0.25) is 4.79 Å². The van der Waals surface area contributed by atoms with Gasteiger partial charge >= 0.3 is 0 Å². The highest BCUT2D eigenvalue weighted by Gasteiger charge is 2.00. The highest BCUT2D eigenvalue weighted by Crippen LogP contribution is 2.15. The lowest BCUT2D eigenvalue weighted by atomic mass is 10.3. The van der Waals surface area contributed by atoms with Crippen molar-refractivity contribution in [2.24, 2.45) is 5.10 Å². The van der Waals surface area contributed by atoms with Gasteiger partial charge in [-0.2, -0.15) is 5.10 Å². The topological polar surface area (TPSA) is 41.5 Å². The first-order valence-electron chi connectivity index (χ1n) is 3.97. The first kappa shape index (κ1) is 9.92. The van der Waals surface area contributed by atoms with Crippen LogP contribution in [0.1, 0.15) is 23.6 Å². The Morgan fingerprint density at radius 1 is 1.46 bits per heavy atom. The monoisotopic (exact) mass is 196 g/mol. The molecular weight excluding hydrogens is 184 g/mol. The number of rotatable bonds is 2. The average molecular weight is 196 g/mol. The maximum atomic E-state index is 10.6. The maximum Gasteiger partial charge on any atom is 0.236 e. The van der Waals surface area contributed by atoms with Crippen LogP contribution < -0.4 is 5.43 Å². The molecule has 1 N–H and O–H groups in total. The van der Waals surface area contributed by atoms with Crippen molar-refractivity contribution >= 4 is 23.0 Å². The lowest BCUT2D eigenvalue weighted by molar-refractivity contribution is -0.118. The number of aryl methyl sites for hydroxylation is 1. The van der Waals surface area contributed by atoms with Crippen molar-refractivity contribution in [2.75, 3.05) is 0 Å². The first-order chi connectivity index (χ1) is 6.09. The van der Waals surface area contributed by atoms with Gasteiger partial charge in [-0.25, -0.2) is 5.43 Å². The minimum absolute atomic E-state index is 0.146. The second-order valence-electron chi connectivity index (χ2n) is 2.78. The zero-order valence-corrected chi connectivity index (χ0v) is 8.73. The molecule has 1 aromatic heterocycles. The van der Waals surface area contributed by atoms with Gasteiger partial charge in [-0.1, -0.05) is 0 Å². The standard InChI is InChI=1S/C9H12N2OS/c1-6-4-5-9(13-6)7(2)10-11-8(3)12/h4-5H,1-3H3,(H,11,12). The number of hydrogen-bond acceptors (Lipinski definition) is 3. The Labute approximate surface area is 81.5 Å². The van der Waals surface area contributed by atoms with Gasteiger partial charge in [0.25, 0.3) is 0 Å². The Kier molecular flexibility index (Phi) is 3.19. The summed E-state index contributed by atoms with van der Waals surface area (Å²) < 4.78 is 0. The molecule has 70 valence electrons. The summed E-state index contributed by atoms with van der Waals surface area (Å²) >= 11 is 1.67. The molecule has 0 atom stereocenters. The molecule has 3 nitrogen and oxygen atoms in total. The van der Waals surface area contributed by atoms with Crippen molar-refractivity contribution in [1.82, 2.24) is 5.43 Å². The van der Waals surface area contributed by atoms with E-state index in [1.54, 1.807) is 11.3 Å². The van der Waals surface area contributed by atoms with Crippen molar-refractivity contribution in [3.63, 3.8) is 0 Å². The minimum atomic E-state index is -0.146. The molecule has 0 saturated carbocycles. The van der Waals surface area contributed by atoms with E-state index in [0.29, 0.717) is 0 Å². The number of hydrogen-bond donors (Lipinski definition) is 1. The largest absolute Gasteiger partial charge is 0.274 e. The third kappa shape index (κ3) is 2.99. The molecule has 13 heavy (non-hydrogen) atoms. The quantitative estimate of drug-likeness (QED) is 0.570. The van der Waals surface area contributed by atoms with E-state index in [-0.39, 0.29) is 5.91 Å². The van der Waals surface area contributed by atoms with E-state index < -0.39 is 0 Å². The van der Waals surface area contributed by atoms with Crippen LogP contribution in [0.15, 0.2) is 17.2 Å². The summed E-state index contributed by atoms with van der Waals surface area (Å²) in [6.45, 7) is 5.36.